The zero-order valence-electron chi connectivity index (χ0n) is 9.73. The van der Waals surface area contributed by atoms with Crippen molar-refractivity contribution in [2.75, 3.05) is 13.7 Å². The fraction of sp³-hybridized carbons (Fsp3) is 0.500. The van der Waals surface area contributed by atoms with Gasteiger partial charge in [-0.2, -0.15) is 0 Å². The van der Waals surface area contributed by atoms with Crippen LogP contribution in [-0.4, -0.2) is 35.8 Å². The third-order valence-corrected chi connectivity index (χ3v) is 2.93. The van der Waals surface area contributed by atoms with E-state index in [-0.39, 0.29) is 18.2 Å². The van der Waals surface area contributed by atoms with Crippen molar-refractivity contribution in [3.05, 3.63) is 24.9 Å². The van der Waals surface area contributed by atoms with E-state index in [0.717, 1.165) is 0 Å². The van der Waals surface area contributed by atoms with Crippen molar-refractivity contribution in [1.29, 1.82) is 0 Å². The molecule has 4 heteroatoms. The maximum Gasteiger partial charge on any atom is 0.332 e. The SMILES string of the molecule is C=CCN1C=CC(=O)CC1(CC)C(=O)OC. The molecule has 0 bridgehead atoms. The van der Waals surface area contributed by atoms with Crippen LogP contribution < -0.4 is 0 Å². The van der Waals surface area contributed by atoms with Crippen molar-refractivity contribution >= 4 is 11.8 Å². The second-order valence-corrected chi connectivity index (χ2v) is 3.78. The molecule has 0 amide bonds. The highest BCUT2D eigenvalue weighted by atomic mass is 16.5. The molecule has 16 heavy (non-hydrogen) atoms. The molecule has 1 heterocycles. The summed E-state index contributed by atoms with van der Waals surface area (Å²) in [6.07, 6.45) is 5.53. The van der Waals surface area contributed by atoms with Crippen LogP contribution in [0.15, 0.2) is 24.9 Å². The Hall–Kier alpha value is -1.58. The van der Waals surface area contributed by atoms with Crippen LogP contribution in [0.1, 0.15) is 19.8 Å². The van der Waals surface area contributed by atoms with Gasteiger partial charge in [-0.1, -0.05) is 13.0 Å². The molecule has 88 valence electrons. The summed E-state index contributed by atoms with van der Waals surface area (Å²) < 4.78 is 4.81. The standard InChI is InChI=1S/C12H17NO3/c1-4-7-13-8-6-10(14)9-12(13,5-2)11(15)16-3/h4,6,8H,1,5,7,9H2,2-3H3. The lowest BCUT2D eigenvalue weighted by Gasteiger charge is -2.41. The van der Waals surface area contributed by atoms with Crippen molar-refractivity contribution in [3.8, 4) is 0 Å². The fourth-order valence-corrected chi connectivity index (χ4v) is 1.99. The average molecular weight is 223 g/mol. The second kappa shape index (κ2) is 4.96. The minimum atomic E-state index is -0.866. The number of hydrogen-bond acceptors (Lipinski definition) is 4. The summed E-state index contributed by atoms with van der Waals surface area (Å²) in [5, 5.41) is 0. The van der Waals surface area contributed by atoms with Gasteiger partial charge in [0.25, 0.3) is 0 Å². The summed E-state index contributed by atoms with van der Waals surface area (Å²) in [6.45, 7) is 6.04. The highest BCUT2D eigenvalue weighted by Gasteiger charge is 2.45. The van der Waals surface area contributed by atoms with Crippen molar-refractivity contribution in [2.45, 2.75) is 25.3 Å². The lowest BCUT2D eigenvalue weighted by Crippen LogP contribution is -2.55. The topological polar surface area (TPSA) is 46.6 Å². The van der Waals surface area contributed by atoms with Gasteiger partial charge in [-0.25, -0.2) is 4.79 Å². The Labute approximate surface area is 95.6 Å². The molecule has 0 aromatic carbocycles. The maximum atomic E-state index is 11.9. The van der Waals surface area contributed by atoms with E-state index in [1.165, 1.54) is 13.2 Å². The molecule has 0 aromatic heterocycles. The smallest absolute Gasteiger partial charge is 0.332 e. The van der Waals surface area contributed by atoms with Gasteiger partial charge in [0.2, 0.25) is 0 Å². The van der Waals surface area contributed by atoms with Gasteiger partial charge >= 0.3 is 5.97 Å². The van der Waals surface area contributed by atoms with Crippen LogP contribution in [0, 0.1) is 0 Å². The zero-order valence-corrected chi connectivity index (χ0v) is 9.73. The zero-order chi connectivity index (χ0) is 12.2. The van der Waals surface area contributed by atoms with Crippen LogP contribution in [-0.2, 0) is 14.3 Å². The quantitative estimate of drug-likeness (QED) is 0.532. The Kier molecular flexibility index (Phi) is 3.88. The van der Waals surface area contributed by atoms with Gasteiger partial charge in [0.15, 0.2) is 5.78 Å². The molecule has 0 aromatic rings. The highest BCUT2D eigenvalue weighted by molar-refractivity contribution is 5.97. The predicted octanol–water partition coefficient (Wildman–Crippen LogP) is 1.28. The first kappa shape index (κ1) is 12.5. The minimum Gasteiger partial charge on any atom is -0.467 e. The molecule has 1 atom stereocenters. The highest BCUT2D eigenvalue weighted by Crippen LogP contribution is 2.29. The van der Waals surface area contributed by atoms with E-state index >= 15 is 0 Å². The van der Waals surface area contributed by atoms with Gasteiger partial charge < -0.3 is 9.64 Å². The third-order valence-electron chi connectivity index (χ3n) is 2.93. The summed E-state index contributed by atoms with van der Waals surface area (Å²) in [7, 11) is 1.34. The molecule has 0 fully saturated rings. The van der Waals surface area contributed by atoms with Crippen molar-refractivity contribution in [1.82, 2.24) is 4.90 Å². The van der Waals surface area contributed by atoms with E-state index in [9.17, 15) is 9.59 Å². The monoisotopic (exact) mass is 223 g/mol. The van der Waals surface area contributed by atoms with Crippen molar-refractivity contribution < 1.29 is 14.3 Å². The summed E-state index contributed by atoms with van der Waals surface area (Å²) in [5.74, 6) is -0.415. The molecule has 0 aliphatic carbocycles. The van der Waals surface area contributed by atoms with E-state index in [0.29, 0.717) is 13.0 Å². The number of hydrogen-bond donors (Lipinski definition) is 0. The Bertz CT molecular complexity index is 335. The van der Waals surface area contributed by atoms with Gasteiger partial charge in [0, 0.05) is 19.2 Å². The normalized spacial score (nSPS) is 24.4. The van der Waals surface area contributed by atoms with Gasteiger partial charge in [0.05, 0.1) is 7.11 Å². The first-order chi connectivity index (χ1) is 7.60. The first-order valence-electron chi connectivity index (χ1n) is 5.27. The number of ether oxygens (including phenoxy) is 1. The maximum absolute atomic E-state index is 11.9. The number of esters is 1. The minimum absolute atomic E-state index is 0.0486. The molecule has 1 aliphatic heterocycles. The van der Waals surface area contributed by atoms with E-state index in [1.807, 2.05) is 11.8 Å². The van der Waals surface area contributed by atoms with Gasteiger partial charge in [0.1, 0.15) is 5.54 Å². The molecule has 0 saturated carbocycles. The predicted molar refractivity (Wildman–Crippen MR) is 60.7 cm³/mol. The molecular formula is C12H17NO3. The molecule has 1 rings (SSSR count). The van der Waals surface area contributed by atoms with Crippen LogP contribution in [0.2, 0.25) is 0 Å². The molecule has 0 spiro atoms. The molecule has 0 saturated heterocycles. The van der Waals surface area contributed by atoms with Crippen LogP contribution in [0.25, 0.3) is 0 Å². The van der Waals surface area contributed by atoms with Gasteiger partial charge in [-0.3, -0.25) is 4.79 Å². The van der Waals surface area contributed by atoms with Crippen LogP contribution >= 0.6 is 0 Å². The van der Waals surface area contributed by atoms with Crippen LogP contribution in [0.4, 0.5) is 0 Å². The van der Waals surface area contributed by atoms with Crippen LogP contribution in [0.3, 0.4) is 0 Å². The van der Waals surface area contributed by atoms with Crippen molar-refractivity contribution in [2.24, 2.45) is 0 Å². The lowest BCUT2D eigenvalue weighted by molar-refractivity contribution is -0.156. The second-order valence-electron chi connectivity index (χ2n) is 3.78. The van der Waals surface area contributed by atoms with E-state index in [2.05, 4.69) is 6.58 Å². The lowest BCUT2D eigenvalue weighted by atomic mass is 9.85. The number of ketones is 1. The van der Waals surface area contributed by atoms with Gasteiger partial charge in [-0.15, -0.1) is 6.58 Å². The summed E-state index contributed by atoms with van der Waals surface area (Å²) in [5.41, 5.74) is -0.866. The molecule has 4 nitrogen and oxygen atoms in total. The molecule has 0 radical (unpaired) electrons. The van der Waals surface area contributed by atoms with E-state index in [4.69, 9.17) is 4.74 Å². The Morgan fingerprint density at radius 3 is 2.94 bits per heavy atom. The average Bonchev–Trinajstić information content (AvgIpc) is 2.30. The van der Waals surface area contributed by atoms with Crippen LogP contribution in [0.5, 0.6) is 0 Å². The molecular weight excluding hydrogens is 206 g/mol. The van der Waals surface area contributed by atoms with E-state index in [1.54, 1.807) is 12.3 Å². The number of nitrogens with zero attached hydrogens (tertiary/aromatic N) is 1. The molecule has 1 unspecified atom stereocenters. The number of rotatable bonds is 4. The number of methoxy groups -OCH3 is 1. The Morgan fingerprint density at radius 1 is 1.75 bits per heavy atom. The number of carbonyl (C=O) groups excluding carboxylic acids is 2. The largest absolute Gasteiger partial charge is 0.467 e. The summed E-state index contributed by atoms with van der Waals surface area (Å²) in [6, 6.07) is 0. The Balaban J connectivity index is 3.10. The fourth-order valence-electron chi connectivity index (χ4n) is 1.99. The first-order valence-corrected chi connectivity index (χ1v) is 5.27. The third kappa shape index (κ3) is 2.01. The Morgan fingerprint density at radius 2 is 2.44 bits per heavy atom. The number of carbonyl (C=O) groups is 2. The van der Waals surface area contributed by atoms with Gasteiger partial charge in [-0.05, 0) is 12.5 Å². The molecule has 1 aliphatic rings. The van der Waals surface area contributed by atoms with E-state index < -0.39 is 5.54 Å². The summed E-state index contributed by atoms with van der Waals surface area (Å²) >= 11 is 0. The number of allylic oxidation sites excluding steroid dienone is 1. The van der Waals surface area contributed by atoms with Crippen molar-refractivity contribution in [3.63, 3.8) is 0 Å². The molecule has 0 N–H and O–H groups in total. The summed E-state index contributed by atoms with van der Waals surface area (Å²) in [4.78, 5) is 25.1.